The van der Waals surface area contributed by atoms with Gasteiger partial charge in [-0.15, -0.1) is 0 Å². The van der Waals surface area contributed by atoms with E-state index in [-0.39, 0.29) is 11.7 Å². The molecule has 1 fully saturated rings. The fourth-order valence-corrected chi connectivity index (χ4v) is 4.04. The number of imidazole rings is 1. The van der Waals surface area contributed by atoms with E-state index in [1.165, 1.54) is 6.26 Å². The fraction of sp³-hybridized carbons (Fsp3) is 0.381. The SMILES string of the molecule is Cc1cc(-c2cnc3c(NCCCS(C)(=O)=O)nccn23)ccc1C(=O)NC1CC1. The molecule has 1 saturated carbocycles. The van der Waals surface area contributed by atoms with Crippen molar-refractivity contribution in [3.8, 4) is 11.3 Å². The Morgan fingerprint density at radius 1 is 1.27 bits per heavy atom. The lowest BCUT2D eigenvalue weighted by Gasteiger charge is -2.10. The van der Waals surface area contributed by atoms with Crippen molar-refractivity contribution in [2.75, 3.05) is 23.9 Å². The molecule has 0 unspecified atom stereocenters. The van der Waals surface area contributed by atoms with Crippen LogP contribution >= 0.6 is 0 Å². The molecule has 0 saturated heterocycles. The number of aryl methyl sites for hydroxylation is 1. The second-order valence-corrected chi connectivity index (χ2v) is 10.1. The number of fused-ring (bicyclic) bond motifs is 1. The first-order chi connectivity index (χ1) is 14.3. The van der Waals surface area contributed by atoms with E-state index in [1.54, 1.807) is 12.4 Å². The second kappa shape index (κ2) is 8.06. The van der Waals surface area contributed by atoms with Gasteiger partial charge < -0.3 is 10.6 Å². The lowest BCUT2D eigenvalue weighted by atomic mass is 10.0. The van der Waals surface area contributed by atoms with Gasteiger partial charge in [0, 0.05) is 42.4 Å². The van der Waals surface area contributed by atoms with Crippen molar-refractivity contribution in [1.82, 2.24) is 19.7 Å². The molecule has 3 aromatic rings. The van der Waals surface area contributed by atoms with Crippen LogP contribution in [0, 0.1) is 6.92 Å². The molecular weight excluding hydrogens is 402 g/mol. The summed E-state index contributed by atoms with van der Waals surface area (Å²) in [6.45, 7) is 2.43. The molecule has 2 aromatic heterocycles. The summed E-state index contributed by atoms with van der Waals surface area (Å²) in [7, 11) is -2.98. The topological polar surface area (TPSA) is 105 Å². The number of hydrogen-bond acceptors (Lipinski definition) is 6. The Bertz CT molecular complexity index is 1200. The highest BCUT2D eigenvalue weighted by Gasteiger charge is 2.24. The maximum atomic E-state index is 12.4. The minimum Gasteiger partial charge on any atom is -0.367 e. The predicted octanol–water partition coefficient (Wildman–Crippen LogP) is 2.44. The highest BCUT2D eigenvalue weighted by molar-refractivity contribution is 7.90. The minimum atomic E-state index is -2.98. The zero-order valence-corrected chi connectivity index (χ0v) is 17.9. The summed E-state index contributed by atoms with van der Waals surface area (Å²) in [6, 6.07) is 6.10. The van der Waals surface area contributed by atoms with Crippen LogP contribution in [0.5, 0.6) is 0 Å². The summed E-state index contributed by atoms with van der Waals surface area (Å²) in [5, 5.41) is 6.20. The number of anilines is 1. The third-order valence-corrected chi connectivity index (χ3v) is 6.12. The molecule has 0 bridgehead atoms. The van der Waals surface area contributed by atoms with E-state index in [1.807, 2.05) is 35.7 Å². The Morgan fingerprint density at radius 3 is 2.77 bits per heavy atom. The van der Waals surface area contributed by atoms with Crippen molar-refractivity contribution in [3.63, 3.8) is 0 Å². The number of amides is 1. The fourth-order valence-electron chi connectivity index (χ4n) is 3.37. The molecule has 158 valence electrons. The van der Waals surface area contributed by atoms with Gasteiger partial charge in [0.25, 0.3) is 5.91 Å². The summed E-state index contributed by atoms with van der Waals surface area (Å²) < 4.78 is 24.5. The van der Waals surface area contributed by atoms with E-state index in [0.29, 0.717) is 36.0 Å². The highest BCUT2D eigenvalue weighted by Crippen LogP contribution is 2.26. The van der Waals surface area contributed by atoms with Crippen LogP contribution in [-0.2, 0) is 9.84 Å². The van der Waals surface area contributed by atoms with Crippen LogP contribution in [0.2, 0.25) is 0 Å². The van der Waals surface area contributed by atoms with Crippen molar-refractivity contribution >= 4 is 27.2 Å². The van der Waals surface area contributed by atoms with Gasteiger partial charge in [0.1, 0.15) is 9.84 Å². The van der Waals surface area contributed by atoms with Crippen LogP contribution in [0.4, 0.5) is 5.82 Å². The Labute approximate surface area is 175 Å². The summed E-state index contributed by atoms with van der Waals surface area (Å²) in [5.41, 5.74) is 4.12. The van der Waals surface area contributed by atoms with Gasteiger partial charge >= 0.3 is 0 Å². The normalized spacial score (nSPS) is 14.1. The molecular formula is C21H25N5O3S. The van der Waals surface area contributed by atoms with Gasteiger partial charge in [-0.1, -0.05) is 6.07 Å². The lowest BCUT2D eigenvalue weighted by molar-refractivity contribution is 0.0950. The van der Waals surface area contributed by atoms with Crippen LogP contribution in [0.15, 0.2) is 36.8 Å². The minimum absolute atomic E-state index is 0.0236. The summed E-state index contributed by atoms with van der Waals surface area (Å²) >= 11 is 0. The molecule has 30 heavy (non-hydrogen) atoms. The van der Waals surface area contributed by atoms with Crippen molar-refractivity contribution in [2.24, 2.45) is 0 Å². The van der Waals surface area contributed by atoms with Crippen molar-refractivity contribution in [2.45, 2.75) is 32.2 Å². The van der Waals surface area contributed by atoms with E-state index < -0.39 is 9.84 Å². The van der Waals surface area contributed by atoms with E-state index in [4.69, 9.17) is 0 Å². The second-order valence-electron chi connectivity index (χ2n) is 7.80. The van der Waals surface area contributed by atoms with Gasteiger partial charge in [-0.2, -0.15) is 0 Å². The van der Waals surface area contributed by atoms with Gasteiger partial charge in [0.05, 0.1) is 17.6 Å². The summed E-state index contributed by atoms with van der Waals surface area (Å²) in [6.07, 6.45) is 9.14. The number of nitrogens with one attached hydrogen (secondary N) is 2. The third kappa shape index (κ3) is 4.62. The molecule has 1 amide bonds. The zero-order chi connectivity index (χ0) is 21.3. The van der Waals surface area contributed by atoms with Crippen LogP contribution in [-0.4, -0.2) is 53.3 Å². The van der Waals surface area contributed by atoms with E-state index in [2.05, 4.69) is 20.6 Å². The molecule has 0 aliphatic heterocycles. The number of nitrogens with zero attached hydrogens (tertiary/aromatic N) is 3. The molecule has 2 N–H and O–H groups in total. The Hall–Kier alpha value is -2.94. The number of carbonyl (C=O) groups excluding carboxylic acids is 1. The number of sulfone groups is 1. The molecule has 2 heterocycles. The van der Waals surface area contributed by atoms with Crippen LogP contribution in [0.1, 0.15) is 35.2 Å². The molecule has 0 atom stereocenters. The van der Waals surface area contributed by atoms with E-state index >= 15 is 0 Å². The zero-order valence-electron chi connectivity index (χ0n) is 17.1. The van der Waals surface area contributed by atoms with Crippen LogP contribution in [0.3, 0.4) is 0 Å². The van der Waals surface area contributed by atoms with Crippen LogP contribution < -0.4 is 10.6 Å². The maximum absolute atomic E-state index is 12.4. The number of aromatic nitrogens is 3. The standard InChI is InChI=1S/C21H25N5O3S/c1-14-12-15(4-7-17(14)21(27)25-16-5-6-16)18-13-24-20-19(23-9-10-26(18)20)22-8-3-11-30(2,28)29/h4,7,9-10,12-13,16H,3,5-6,8,11H2,1-2H3,(H,22,23)(H,25,27). The number of carbonyl (C=O) groups is 1. The number of benzene rings is 1. The Kier molecular flexibility index (Phi) is 5.46. The predicted molar refractivity (Wildman–Crippen MR) is 116 cm³/mol. The van der Waals surface area contributed by atoms with E-state index in [0.717, 1.165) is 29.7 Å². The summed E-state index contributed by atoms with van der Waals surface area (Å²) in [4.78, 5) is 21.2. The Balaban J connectivity index is 1.54. The third-order valence-electron chi connectivity index (χ3n) is 5.09. The Morgan fingerprint density at radius 2 is 2.07 bits per heavy atom. The molecule has 1 aliphatic carbocycles. The van der Waals surface area contributed by atoms with Crippen molar-refractivity contribution in [3.05, 3.63) is 47.9 Å². The first-order valence-corrected chi connectivity index (χ1v) is 12.0. The van der Waals surface area contributed by atoms with Gasteiger partial charge in [-0.3, -0.25) is 9.20 Å². The van der Waals surface area contributed by atoms with Crippen molar-refractivity contribution in [1.29, 1.82) is 0 Å². The van der Waals surface area contributed by atoms with Gasteiger partial charge in [0.15, 0.2) is 11.5 Å². The molecule has 4 rings (SSSR count). The van der Waals surface area contributed by atoms with Gasteiger partial charge in [-0.05, 0) is 43.9 Å². The highest BCUT2D eigenvalue weighted by atomic mass is 32.2. The molecule has 0 radical (unpaired) electrons. The molecule has 8 nitrogen and oxygen atoms in total. The first-order valence-electron chi connectivity index (χ1n) is 9.97. The molecule has 0 spiro atoms. The quantitative estimate of drug-likeness (QED) is 0.535. The largest absolute Gasteiger partial charge is 0.367 e. The van der Waals surface area contributed by atoms with Gasteiger partial charge in [0.2, 0.25) is 0 Å². The number of hydrogen-bond donors (Lipinski definition) is 2. The summed E-state index contributed by atoms with van der Waals surface area (Å²) in [5.74, 6) is 0.710. The van der Waals surface area contributed by atoms with Crippen LogP contribution in [0.25, 0.3) is 16.9 Å². The van der Waals surface area contributed by atoms with Gasteiger partial charge in [-0.25, -0.2) is 18.4 Å². The monoisotopic (exact) mass is 427 g/mol. The molecule has 9 heteroatoms. The average molecular weight is 428 g/mol. The smallest absolute Gasteiger partial charge is 0.251 e. The first kappa shape index (κ1) is 20.3. The maximum Gasteiger partial charge on any atom is 0.251 e. The van der Waals surface area contributed by atoms with Crippen molar-refractivity contribution < 1.29 is 13.2 Å². The molecule has 1 aliphatic rings. The molecule has 1 aromatic carbocycles. The number of rotatable bonds is 8. The average Bonchev–Trinajstić information content (AvgIpc) is 3.39. The van der Waals surface area contributed by atoms with E-state index in [9.17, 15) is 13.2 Å². The lowest BCUT2D eigenvalue weighted by Crippen LogP contribution is -2.26.